The maximum absolute atomic E-state index is 12.2. The van der Waals surface area contributed by atoms with Crippen LogP contribution in [-0.4, -0.2) is 62.5 Å². The maximum atomic E-state index is 12.2. The van der Waals surface area contributed by atoms with Gasteiger partial charge in [0.25, 0.3) is 5.91 Å². The lowest BCUT2D eigenvalue weighted by Crippen LogP contribution is -2.41. The van der Waals surface area contributed by atoms with Crippen LogP contribution < -0.4 is 5.32 Å². The highest BCUT2D eigenvalue weighted by Crippen LogP contribution is 2.21. The fourth-order valence-corrected chi connectivity index (χ4v) is 3.87. The maximum Gasteiger partial charge on any atom is 0.252 e. The molecule has 2 heterocycles. The Bertz CT molecular complexity index is 490. The molecule has 0 bridgehead atoms. The lowest BCUT2D eigenvalue weighted by molar-refractivity contribution is 0.0935. The van der Waals surface area contributed by atoms with Crippen molar-refractivity contribution in [3.05, 3.63) is 21.4 Å². The van der Waals surface area contributed by atoms with E-state index in [1.165, 1.54) is 17.7 Å². The molecule has 124 valence electrons. The third-order valence-corrected chi connectivity index (χ3v) is 5.37. The van der Waals surface area contributed by atoms with Crippen molar-refractivity contribution in [3.63, 3.8) is 0 Å². The van der Waals surface area contributed by atoms with Gasteiger partial charge in [-0.15, -0.1) is 11.3 Å². The number of rotatable bonds is 6. The van der Waals surface area contributed by atoms with Crippen LogP contribution in [0.15, 0.2) is 6.07 Å². The van der Waals surface area contributed by atoms with E-state index in [0.29, 0.717) is 5.92 Å². The molecule has 22 heavy (non-hydrogen) atoms. The van der Waals surface area contributed by atoms with Crippen molar-refractivity contribution in [3.8, 4) is 0 Å². The Morgan fingerprint density at radius 2 is 2.05 bits per heavy atom. The van der Waals surface area contributed by atoms with Gasteiger partial charge in [0.1, 0.15) is 0 Å². The zero-order valence-corrected chi connectivity index (χ0v) is 15.1. The number of piperidine rings is 1. The number of likely N-dealkylation sites (N-methyl/N-ethyl adjacent to an activating group) is 1. The van der Waals surface area contributed by atoms with Gasteiger partial charge in [0.15, 0.2) is 0 Å². The Morgan fingerprint density at radius 1 is 1.36 bits per heavy atom. The Kier molecular flexibility index (Phi) is 6.41. The lowest BCUT2D eigenvalue weighted by Gasteiger charge is -2.32. The first-order chi connectivity index (χ1) is 10.5. The van der Waals surface area contributed by atoms with Gasteiger partial charge >= 0.3 is 0 Å². The zero-order chi connectivity index (χ0) is 16.1. The summed E-state index contributed by atoms with van der Waals surface area (Å²) in [6.07, 6.45) is 2.38. The van der Waals surface area contributed by atoms with Gasteiger partial charge in [-0.05, 0) is 65.9 Å². The topological polar surface area (TPSA) is 35.6 Å². The molecule has 0 saturated carbocycles. The van der Waals surface area contributed by atoms with Crippen LogP contribution in [0.5, 0.6) is 0 Å². The number of carbonyl (C=O) groups is 1. The predicted molar refractivity (Wildman–Crippen MR) is 93.8 cm³/mol. The molecule has 1 fully saturated rings. The Labute approximate surface area is 138 Å². The molecule has 1 aromatic heterocycles. The van der Waals surface area contributed by atoms with Crippen molar-refractivity contribution in [2.45, 2.75) is 26.7 Å². The van der Waals surface area contributed by atoms with E-state index in [1.807, 2.05) is 13.0 Å². The highest BCUT2D eigenvalue weighted by atomic mass is 32.1. The predicted octanol–water partition coefficient (Wildman–Crippen LogP) is 2.37. The molecule has 0 spiro atoms. The molecule has 1 saturated heterocycles. The van der Waals surface area contributed by atoms with Gasteiger partial charge in [-0.3, -0.25) is 4.79 Å². The minimum absolute atomic E-state index is 0.0943. The van der Waals surface area contributed by atoms with Crippen molar-refractivity contribution in [1.29, 1.82) is 0 Å². The second-order valence-corrected chi connectivity index (χ2v) is 8.09. The van der Waals surface area contributed by atoms with E-state index in [-0.39, 0.29) is 5.91 Å². The van der Waals surface area contributed by atoms with Gasteiger partial charge in [-0.25, -0.2) is 0 Å². The summed E-state index contributed by atoms with van der Waals surface area (Å²) >= 11 is 1.70. The first-order valence-corrected chi connectivity index (χ1v) is 8.99. The molecule has 0 aromatic carbocycles. The van der Waals surface area contributed by atoms with Gasteiger partial charge in [0, 0.05) is 29.4 Å². The lowest BCUT2D eigenvalue weighted by atomic mass is 9.96. The molecule has 1 aliphatic heterocycles. The number of aryl methyl sites for hydroxylation is 2. The van der Waals surface area contributed by atoms with Crippen molar-refractivity contribution in [2.24, 2.45) is 5.92 Å². The molecule has 1 aliphatic rings. The summed E-state index contributed by atoms with van der Waals surface area (Å²) < 4.78 is 0. The third-order valence-electron chi connectivity index (χ3n) is 4.41. The number of hydrogen-bond donors (Lipinski definition) is 1. The first kappa shape index (κ1) is 17.4. The number of likely N-dealkylation sites (tertiary alicyclic amines) is 1. The van der Waals surface area contributed by atoms with Gasteiger partial charge in [0.2, 0.25) is 0 Å². The largest absolute Gasteiger partial charge is 0.352 e. The number of amides is 1. The molecule has 4 nitrogen and oxygen atoms in total. The Hall–Kier alpha value is -0.910. The highest BCUT2D eigenvalue weighted by molar-refractivity contribution is 7.12. The van der Waals surface area contributed by atoms with Gasteiger partial charge in [-0.2, -0.15) is 0 Å². The average molecular weight is 324 g/mol. The second kappa shape index (κ2) is 8.09. The molecule has 0 unspecified atom stereocenters. The molecule has 0 atom stereocenters. The fourth-order valence-electron chi connectivity index (χ4n) is 2.94. The normalized spacial score (nSPS) is 17.1. The molecule has 5 heteroatoms. The summed E-state index contributed by atoms with van der Waals surface area (Å²) in [7, 11) is 4.24. The van der Waals surface area contributed by atoms with Gasteiger partial charge in [-0.1, -0.05) is 0 Å². The van der Waals surface area contributed by atoms with Crippen LogP contribution in [0.2, 0.25) is 0 Å². The van der Waals surface area contributed by atoms with Crippen LogP contribution in [0.25, 0.3) is 0 Å². The first-order valence-electron chi connectivity index (χ1n) is 8.18. The van der Waals surface area contributed by atoms with E-state index in [4.69, 9.17) is 0 Å². The summed E-state index contributed by atoms with van der Waals surface area (Å²) in [4.78, 5) is 19.3. The van der Waals surface area contributed by atoms with Crippen molar-refractivity contribution < 1.29 is 4.79 Å². The van der Waals surface area contributed by atoms with Gasteiger partial charge < -0.3 is 15.1 Å². The Morgan fingerprint density at radius 3 is 2.59 bits per heavy atom. The van der Waals surface area contributed by atoms with Crippen molar-refractivity contribution in [1.82, 2.24) is 15.1 Å². The van der Waals surface area contributed by atoms with Crippen LogP contribution >= 0.6 is 11.3 Å². The summed E-state index contributed by atoms with van der Waals surface area (Å²) in [5, 5.41) is 3.13. The minimum Gasteiger partial charge on any atom is -0.352 e. The van der Waals surface area contributed by atoms with Gasteiger partial charge in [0.05, 0.1) is 5.56 Å². The summed E-state index contributed by atoms with van der Waals surface area (Å²) in [5.41, 5.74) is 0.853. The number of carbonyl (C=O) groups excluding carboxylic acids is 1. The van der Waals surface area contributed by atoms with E-state index >= 15 is 0 Å². The van der Waals surface area contributed by atoms with Crippen LogP contribution in [-0.2, 0) is 0 Å². The van der Waals surface area contributed by atoms with Crippen molar-refractivity contribution >= 4 is 17.2 Å². The molecular weight excluding hydrogens is 294 g/mol. The van der Waals surface area contributed by atoms with Crippen LogP contribution in [0.3, 0.4) is 0 Å². The van der Waals surface area contributed by atoms with Crippen molar-refractivity contribution in [2.75, 3.05) is 46.8 Å². The summed E-state index contributed by atoms with van der Waals surface area (Å²) in [6.45, 7) is 9.48. The Balaban J connectivity index is 1.70. The standard InChI is InChI=1S/C17H29N3OS/c1-13-11-16(14(2)22-13)17(21)18-12-15-5-7-20(8-6-15)10-9-19(3)4/h11,15H,5-10,12H2,1-4H3,(H,18,21). The van der Waals surface area contributed by atoms with E-state index in [0.717, 1.165) is 43.2 Å². The molecular formula is C17H29N3OS. The monoisotopic (exact) mass is 323 g/mol. The smallest absolute Gasteiger partial charge is 0.252 e. The highest BCUT2D eigenvalue weighted by Gasteiger charge is 2.20. The number of thiophene rings is 1. The average Bonchev–Trinajstić information content (AvgIpc) is 2.82. The van der Waals surface area contributed by atoms with E-state index in [9.17, 15) is 4.79 Å². The molecule has 0 radical (unpaired) electrons. The van der Waals surface area contributed by atoms with Crippen LogP contribution in [0.1, 0.15) is 33.0 Å². The second-order valence-electron chi connectivity index (χ2n) is 6.63. The van der Waals surface area contributed by atoms with E-state index in [2.05, 4.69) is 36.1 Å². The summed E-state index contributed by atoms with van der Waals surface area (Å²) in [5.74, 6) is 0.719. The molecule has 2 rings (SSSR count). The molecule has 1 aromatic rings. The summed E-state index contributed by atoms with van der Waals surface area (Å²) in [6, 6.07) is 2.00. The van der Waals surface area contributed by atoms with E-state index < -0.39 is 0 Å². The molecule has 1 amide bonds. The van der Waals surface area contributed by atoms with E-state index in [1.54, 1.807) is 11.3 Å². The zero-order valence-electron chi connectivity index (χ0n) is 14.3. The number of hydrogen-bond acceptors (Lipinski definition) is 4. The molecule has 1 N–H and O–H groups in total. The molecule has 0 aliphatic carbocycles. The van der Waals surface area contributed by atoms with Crippen LogP contribution in [0, 0.1) is 19.8 Å². The SMILES string of the molecule is Cc1cc(C(=O)NCC2CCN(CCN(C)C)CC2)c(C)s1. The fraction of sp³-hybridized carbons (Fsp3) is 0.706. The minimum atomic E-state index is 0.0943. The quantitative estimate of drug-likeness (QED) is 0.873. The number of nitrogens with zero attached hydrogens (tertiary/aromatic N) is 2. The number of nitrogens with one attached hydrogen (secondary N) is 1. The van der Waals surface area contributed by atoms with Crippen LogP contribution in [0.4, 0.5) is 0 Å². The third kappa shape index (κ3) is 5.07.